The molecule has 0 radical (unpaired) electrons. The zero-order valence-electron chi connectivity index (χ0n) is 21.4. The maximum Gasteiger partial charge on any atom is 0.328 e. The molecule has 1 aliphatic rings. The summed E-state index contributed by atoms with van der Waals surface area (Å²) in [5.41, 5.74) is 1.38. The maximum atomic E-state index is 12.6. The molecule has 0 saturated heterocycles. The summed E-state index contributed by atoms with van der Waals surface area (Å²) in [5.74, 6) is -0.685. The third kappa shape index (κ3) is 8.15. The number of methoxy groups -OCH3 is 1. The lowest BCUT2D eigenvalue weighted by Gasteiger charge is -2.43. The van der Waals surface area contributed by atoms with Gasteiger partial charge in [0.05, 0.1) is 27.7 Å². The predicted molar refractivity (Wildman–Crippen MR) is 156 cm³/mol. The first-order chi connectivity index (χ1) is 17.9. The van der Waals surface area contributed by atoms with Gasteiger partial charge in [-0.2, -0.15) is 0 Å². The molecule has 1 amide bonds. The van der Waals surface area contributed by atoms with Gasteiger partial charge in [0, 0.05) is 29.5 Å². The molecule has 0 bridgehead atoms. The first kappa shape index (κ1) is 30.3. The smallest absolute Gasteiger partial charge is 0.328 e. The quantitative estimate of drug-likeness (QED) is 0.185. The molecule has 206 valence electrons. The molecule has 7 nitrogen and oxygen atoms in total. The van der Waals surface area contributed by atoms with Crippen molar-refractivity contribution < 1.29 is 22.7 Å². The normalized spacial score (nSPS) is 15.2. The number of halogens is 2. The molecule has 2 aromatic rings. The highest BCUT2D eigenvalue weighted by Gasteiger charge is 2.41. The van der Waals surface area contributed by atoms with E-state index in [2.05, 4.69) is 10.6 Å². The number of ether oxygens (including phenoxy) is 1. The molecule has 0 spiro atoms. The zero-order valence-corrected chi connectivity index (χ0v) is 24.5. The Morgan fingerprint density at radius 1 is 1.08 bits per heavy atom. The number of amides is 1. The molecule has 11 heteroatoms. The molecule has 1 aliphatic carbocycles. The van der Waals surface area contributed by atoms with Crippen molar-refractivity contribution in [2.45, 2.75) is 51.0 Å². The van der Waals surface area contributed by atoms with E-state index in [0.717, 1.165) is 37.7 Å². The van der Waals surface area contributed by atoms with Gasteiger partial charge >= 0.3 is 5.97 Å². The molecule has 1 fully saturated rings. The molecule has 0 aliphatic heterocycles. The molecule has 2 aromatic carbocycles. The van der Waals surface area contributed by atoms with Gasteiger partial charge in [0.15, 0.2) is 0 Å². The first-order valence-electron chi connectivity index (χ1n) is 12.3. The second-order valence-corrected chi connectivity index (χ2v) is 13.2. The van der Waals surface area contributed by atoms with Crippen LogP contribution in [0.1, 0.15) is 54.4 Å². The van der Waals surface area contributed by atoms with Gasteiger partial charge in [0.25, 0.3) is 5.91 Å². The van der Waals surface area contributed by atoms with E-state index in [1.54, 1.807) is 30.3 Å². The van der Waals surface area contributed by atoms with Crippen molar-refractivity contribution in [2.24, 2.45) is 5.41 Å². The molecule has 0 heterocycles. The van der Waals surface area contributed by atoms with E-state index in [4.69, 9.17) is 40.2 Å². The Balaban J connectivity index is 1.63. The number of carbonyl (C=O) groups is 2. The number of benzene rings is 2. The topological polar surface area (TPSA) is 102 Å². The van der Waals surface area contributed by atoms with Crippen LogP contribution in [-0.2, 0) is 25.8 Å². The van der Waals surface area contributed by atoms with Gasteiger partial charge < -0.3 is 15.4 Å². The third-order valence-electron chi connectivity index (χ3n) is 6.85. The van der Waals surface area contributed by atoms with E-state index in [1.807, 2.05) is 12.1 Å². The highest BCUT2D eigenvalue weighted by molar-refractivity contribution is 7.90. The van der Waals surface area contributed by atoms with E-state index in [9.17, 15) is 18.0 Å². The summed E-state index contributed by atoms with van der Waals surface area (Å²) < 4.78 is 27.9. The molecule has 3 rings (SSSR count). The van der Waals surface area contributed by atoms with Crippen LogP contribution in [0.4, 0.5) is 5.69 Å². The molecule has 0 aromatic heterocycles. The minimum atomic E-state index is -2.99. The molecule has 1 atom stereocenters. The SMILES string of the molecule is COC(=O)[C@H](Cc1ccc(NC(=O)c2c(Cl)cccc2Cl)cc1)NC(=S)C1(CCCCS(C)(=O)=O)CCC1. The van der Waals surface area contributed by atoms with E-state index in [0.29, 0.717) is 23.5 Å². The molecule has 2 N–H and O–H groups in total. The van der Waals surface area contributed by atoms with Gasteiger partial charge in [-0.3, -0.25) is 4.79 Å². The number of hydrogen-bond donors (Lipinski definition) is 2. The van der Waals surface area contributed by atoms with E-state index < -0.39 is 27.8 Å². The van der Waals surface area contributed by atoms with Crippen molar-refractivity contribution in [1.82, 2.24) is 5.32 Å². The summed E-state index contributed by atoms with van der Waals surface area (Å²) in [4.78, 5) is 25.9. The lowest BCUT2D eigenvalue weighted by molar-refractivity contribution is -0.142. The second-order valence-electron chi connectivity index (χ2n) is 9.72. The van der Waals surface area contributed by atoms with Crippen LogP contribution in [0.3, 0.4) is 0 Å². The number of anilines is 1. The van der Waals surface area contributed by atoms with E-state index in [1.165, 1.54) is 13.4 Å². The van der Waals surface area contributed by atoms with Crippen molar-refractivity contribution in [3.63, 3.8) is 0 Å². The molecular formula is C27H32Cl2N2O5S2. The van der Waals surface area contributed by atoms with Gasteiger partial charge in [-0.15, -0.1) is 0 Å². The number of rotatable bonds is 12. The molecule has 0 unspecified atom stereocenters. The van der Waals surface area contributed by atoms with Crippen LogP contribution in [0.25, 0.3) is 0 Å². The highest BCUT2D eigenvalue weighted by Crippen LogP contribution is 2.46. The minimum Gasteiger partial charge on any atom is -0.467 e. The van der Waals surface area contributed by atoms with Gasteiger partial charge in [0.2, 0.25) is 0 Å². The van der Waals surface area contributed by atoms with Crippen LogP contribution in [-0.4, -0.2) is 50.4 Å². The standard InChI is InChI=1S/C27H32Cl2N2O5S2/c1-36-25(33)22(31-26(37)27(14-6-15-27)13-3-4-16-38(2,34)35)17-18-9-11-19(12-10-18)30-24(32)23-20(28)7-5-8-21(23)29/h5,7-12,22H,3-4,6,13-17H2,1-2H3,(H,30,32)(H,31,37)/t22-/m0/s1. The maximum absolute atomic E-state index is 12.6. The predicted octanol–water partition coefficient (Wildman–Crippen LogP) is 5.63. The Kier molecular flexibility index (Phi) is 10.6. The van der Waals surface area contributed by atoms with Crippen molar-refractivity contribution >= 4 is 67.8 Å². The Bertz CT molecular complexity index is 1260. The summed E-state index contributed by atoms with van der Waals surface area (Å²) >= 11 is 18.0. The van der Waals surface area contributed by atoms with Crippen molar-refractivity contribution in [3.05, 3.63) is 63.6 Å². The average molecular weight is 600 g/mol. The summed E-state index contributed by atoms with van der Waals surface area (Å²) in [7, 11) is -1.66. The zero-order chi connectivity index (χ0) is 27.9. The number of sulfone groups is 1. The van der Waals surface area contributed by atoms with Crippen LogP contribution in [0.15, 0.2) is 42.5 Å². The lowest BCUT2D eigenvalue weighted by Crippen LogP contribution is -2.51. The Labute approximate surface area is 239 Å². The van der Waals surface area contributed by atoms with Crippen molar-refractivity contribution in [3.8, 4) is 0 Å². The largest absolute Gasteiger partial charge is 0.467 e. The molecule has 1 saturated carbocycles. The first-order valence-corrected chi connectivity index (χ1v) is 15.6. The Morgan fingerprint density at radius 2 is 1.71 bits per heavy atom. The van der Waals surface area contributed by atoms with Gasteiger partial charge in [-0.1, -0.05) is 66.5 Å². The third-order valence-corrected chi connectivity index (χ3v) is 9.06. The number of carbonyl (C=O) groups excluding carboxylic acids is 2. The lowest BCUT2D eigenvalue weighted by atomic mass is 9.65. The fourth-order valence-corrected chi connectivity index (χ4v) is 6.28. The van der Waals surface area contributed by atoms with E-state index in [-0.39, 0.29) is 26.8 Å². The minimum absolute atomic E-state index is 0.163. The van der Waals surface area contributed by atoms with Crippen LogP contribution in [0, 0.1) is 5.41 Å². The number of esters is 1. The van der Waals surface area contributed by atoms with Gasteiger partial charge in [-0.05, 0) is 55.5 Å². The average Bonchev–Trinajstić information content (AvgIpc) is 2.82. The summed E-state index contributed by atoms with van der Waals surface area (Å²) in [6, 6.07) is 11.3. The van der Waals surface area contributed by atoms with Crippen LogP contribution in [0.5, 0.6) is 0 Å². The summed E-state index contributed by atoms with van der Waals surface area (Å²) in [6.45, 7) is 0. The second kappa shape index (κ2) is 13.2. The van der Waals surface area contributed by atoms with E-state index >= 15 is 0 Å². The van der Waals surface area contributed by atoms with Gasteiger partial charge in [-0.25, -0.2) is 13.2 Å². The monoisotopic (exact) mass is 598 g/mol. The number of hydrogen-bond acceptors (Lipinski definition) is 6. The van der Waals surface area contributed by atoms with Crippen LogP contribution >= 0.6 is 35.4 Å². The number of unbranched alkanes of at least 4 members (excludes halogenated alkanes) is 1. The molecule has 38 heavy (non-hydrogen) atoms. The fourth-order valence-electron chi connectivity index (χ4n) is 4.54. The Hall–Kier alpha value is -2.20. The summed E-state index contributed by atoms with van der Waals surface area (Å²) in [6.07, 6.45) is 6.58. The Morgan fingerprint density at radius 3 is 2.24 bits per heavy atom. The highest BCUT2D eigenvalue weighted by atomic mass is 35.5. The van der Waals surface area contributed by atoms with Crippen molar-refractivity contribution in [2.75, 3.05) is 24.4 Å². The number of nitrogens with one attached hydrogen (secondary N) is 2. The van der Waals surface area contributed by atoms with Crippen LogP contribution in [0.2, 0.25) is 10.0 Å². The fraction of sp³-hybridized carbons (Fsp3) is 0.444. The van der Waals surface area contributed by atoms with Crippen molar-refractivity contribution in [1.29, 1.82) is 0 Å². The summed E-state index contributed by atoms with van der Waals surface area (Å²) in [5, 5.41) is 6.54. The van der Waals surface area contributed by atoms with Gasteiger partial charge in [0.1, 0.15) is 15.9 Å². The number of thiocarbonyl (C=S) groups is 1. The van der Waals surface area contributed by atoms with Crippen LogP contribution < -0.4 is 10.6 Å². The molecular weight excluding hydrogens is 567 g/mol.